The molecule has 2 saturated heterocycles. The monoisotopic (exact) mass is 542 g/mol. The van der Waals surface area contributed by atoms with E-state index in [-0.39, 0.29) is 34.6 Å². The van der Waals surface area contributed by atoms with Crippen LogP contribution in [0.25, 0.3) is 6.08 Å². The summed E-state index contributed by atoms with van der Waals surface area (Å²) in [6, 6.07) is 7.49. The summed E-state index contributed by atoms with van der Waals surface area (Å²) >= 11 is 0.698. The first kappa shape index (κ1) is 26.6. The Morgan fingerprint density at radius 2 is 1.71 bits per heavy atom. The predicted molar refractivity (Wildman–Crippen MR) is 136 cm³/mol. The number of methoxy groups -OCH3 is 1. The van der Waals surface area contributed by atoms with E-state index < -0.39 is 32.4 Å². The van der Waals surface area contributed by atoms with Gasteiger partial charge in [-0.1, -0.05) is 6.07 Å². The molecule has 2 aromatic rings. The van der Waals surface area contributed by atoms with Gasteiger partial charge in [0.1, 0.15) is 6.54 Å². The van der Waals surface area contributed by atoms with Crippen molar-refractivity contribution in [3.63, 3.8) is 0 Å². The molecule has 198 valence electrons. The van der Waals surface area contributed by atoms with Crippen LogP contribution in [-0.2, 0) is 9.59 Å². The lowest BCUT2D eigenvalue weighted by molar-refractivity contribution is -0.394. The van der Waals surface area contributed by atoms with Crippen molar-refractivity contribution in [3.8, 4) is 17.2 Å². The minimum absolute atomic E-state index is 0.0395. The second-order valence-electron chi connectivity index (χ2n) is 8.39. The van der Waals surface area contributed by atoms with Gasteiger partial charge in [-0.25, -0.2) is 0 Å². The van der Waals surface area contributed by atoms with Crippen molar-refractivity contribution in [2.75, 3.05) is 26.7 Å². The summed E-state index contributed by atoms with van der Waals surface area (Å²) in [6.07, 6.45) is 4.25. The molecule has 0 bridgehead atoms. The Morgan fingerprint density at radius 1 is 1.00 bits per heavy atom. The van der Waals surface area contributed by atoms with Gasteiger partial charge in [0.05, 0.1) is 27.9 Å². The zero-order valence-electron chi connectivity index (χ0n) is 20.2. The molecule has 14 heteroatoms. The van der Waals surface area contributed by atoms with Crippen LogP contribution in [0.2, 0.25) is 0 Å². The van der Waals surface area contributed by atoms with Crippen LogP contribution < -0.4 is 9.47 Å². The zero-order valence-corrected chi connectivity index (χ0v) is 21.0. The van der Waals surface area contributed by atoms with Gasteiger partial charge in [0, 0.05) is 19.2 Å². The lowest BCUT2D eigenvalue weighted by Crippen LogP contribution is -2.44. The van der Waals surface area contributed by atoms with E-state index in [0.29, 0.717) is 30.4 Å². The number of nitro benzene ring substituents is 2. The number of rotatable bonds is 8. The number of amides is 3. The first-order chi connectivity index (χ1) is 18.2. The van der Waals surface area contributed by atoms with Crippen molar-refractivity contribution in [1.29, 1.82) is 0 Å². The Kier molecular flexibility index (Phi) is 7.90. The number of ether oxygens (including phenoxy) is 2. The maximum Gasteiger partial charge on any atom is 0.318 e. The molecule has 2 aliphatic rings. The van der Waals surface area contributed by atoms with Crippen molar-refractivity contribution >= 4 is 46.3 Å². The molecule has 2 fully saturated rings. The topological polar surface area (TPSA) is 162 Å². The van der Waals surface area contributed by atoms with E-state index in [1.54, 1.807) is 11.0 Å². The molecule has 3 amide bonds. The number of imide groups is 1. The van der Waals surface area contributed by atoms with Crippen molar-refractivity contribution in [3.05, 3.63) is 67.1 Å². The molecule has 0 saturated carbocycles. The van der Waals surface area contributed by atoms with E-state index in [4.69, 9.17) is 9.47 Å². The Morgan fingerprint density at radius 3 is 2.37 bits per heavy atom. The molecule has 0 N–H and O–H groups in total. The van der Waals surface area contributed by atoms with E-state index in [0.717, 1.165) is 42.4 Å². The smallest absolute Gasteiger partial charge is 0.318 e. The summed E-state index contributed by atoms with van der Waals surface area (Å²) < 4.78 is 10.9. The normalized spacial score (nSPS) is 16.6. The Balaban J connectivity index is 1.57. The van der Waals surface area contributed by atoms with Crippen LogP contribution in [0.3, 0.4) is 0 Å². The van der Waals surface area contributed by atoms with Gasteiger partial charge < -0.3 is 14.4 Å². The quantitative estimate of drug-likeness (QED) is 0.266. The van der Waals surface area contributed by atoms with Gasteiger partial charge >= 0.3 is 5.69 Å². The third kappa shape index (κ3) is 5.75. The van der Waals surface area contributed by atoms with Gasteiger partial charge in [-0.05, 0) is 60.9 Å². The fourth-order valence-corrected chi connectivity index (χ4v) is 4.83. The molecule has 2 aromatic carbocycles. The Hall–Kier alpha value is -4.46. The summed E-state index contributed by atoms with van der Waals surface area (Å²) in [5.41, 5.74) is -0.677. The minimum Gasteiger partial charge on any atom is -0.493 e. The summed E-state index contributed by atoms with van der Waals surface area (Å²) in [7, 11) is 1.36. The van der Waals surface area contributed by atoms with Crippen LogP contribution in [0.1, 0.15) is 24.8 Å². The first-order valence-electron chi connectivity index (χ1n) is 11.5. The number of hydrogen-bond acceptors (Lipinski definition) is 10. The summed E-state index contributed by atoms with van der Waals surface area (Å²) in [6.45, 7) is 0.877. The van der Waals surface area contributed by atoms with Gasteiger partial charge in [0.2, 0.25) is 11.7 Å². The highest BCUT2D eigenvalue weighted by Crippen LogP contribution is 2.39. The van der Waals surface area contributed by atoms with E-state index in [1.165, 1.54) is 25.3 Å². The number of hydrogen-bond donors (Lipinski definition) is 0. The fraction of sp³-hybridized carbons (Fsp3) is 0.292. The number of carbonyl (C=O) groups excluding carboxylic acids is 3. The number of nitrogens with zero attached hydrogens (tertiary/aromatic N) is 4. The average Bonchev–Trinajstić information content (AvgIpc) is 3.16. The SMILES string of the molecule is COc1ccc(/C=C2\SC(=O)N(CC(=O)N3CCCCC3)C2=O)cc1Oc1ccc([N+](=O)[O-])cc1[N+](=O)[O-]. The molecule has 13 nitrogen and oxygen atoms in total. The summed E-state index contributed by atoms with van der Waals surface area (Å²) in [5.74, 6) is -0.895. The van der Waals surface area contributed by atoms with Crippen molar-refractivity contribution in [2.24, 2.45) is 0 Å². The van der Waals surface area contributed by atoms with Crippen LogP contribution in [0.15, 0.2) is 41.3 Å². The molecule has 2 heterocycles. The second kappa shape index (κ2) is 11.3. The fourth-order valence-electron chi connectivity index (χ4n) is 4.00. The van der Waals surface area contributed by atoms with Crippen molar-refractivity contribution in [2.45, 2.75) is 19.3 Å². The minimum atomic E-state index is -0.806. The molecule has 0 atom stereocenters. The molecular weight excluding hydrogens is 520 g/mol. The first-order valence-corrected chi connectivity index (χ1v) is 12.3. The average molecular weight is 543 g/mol. The zero-order chi connectivity index (χ0) is 27.4. The number of carbonyl (C=O) groups is 3. The van der Waals surface area contributed by atoms with E-state index in [9.17, 15) is 34.6 Å². The number of thioether (sulfide) groups is 1. The second-order valence-corrected chi connectivity index (χ2v) is 9.38. The molecule has 0 unspecified atom stereocenters. The van der Waals surface area contributed by atoms with E-state index in [1.807, 2.05) is 0 Å². The standard InChI is InChI=1S/C24H22N4O9S/c1-36-19-7-5-15(11-20(19)37-18-8-6-16(27(32)33)13-17(18)28(34)35)12-21-23(30)26(24(31)38-21)14-22(29)25-9-3-2-4-10-25/h5-8,11-13H,2-4,9-10,14H2,1H3/b21-12-. The van der Waals surface area contributed by atoms with Gasteiger partial charge in [-0.3, -0.25) is 39.5 Å². The van der Waals surface area contributed by atoms with Crippen molar-refractivity contribution < 1.29 is 33.7 Å². The predicted octanol–water partition coefficient (Wildman–Crippen LogP) is 4.35. The summed E-state index contributed by atoms with van der Waals surface area (Å²) in [4.78, 5) is 61.5. The number of benzene rings is 2. The largest absolute Gasteiger partial charge is 0.493 e. The molecular formula is C24H22N4O9S. The lowest BCUT2D eigenvalue weighted by Gasteiger charge is -2.27. The third-order valence-electron chi connectivity index (χ3n) is 5.93. The highest BCUT2D eigenvalue weighted by atomic mass is 32.2. The van der Waals surface area contributed by atoms with Gasteiger partial charge in [0.15, 0.2) is 11.5 Å². The van der Waals surface area contributed by atoms with Gasteiger partial charge in [-0.2, -0.15) is 0 Å². The Labute approximate surface area is 220 Å². The lowest BCUT2D eigenvalue weighted by atomic mass is 10.1. The molecule has 38 heavy (non-hydrogen) atoms. The van der Waals surface area contributed by atoms with E-state index in [2.05, 4.69) is 0 Å². The van der Waals surface area contributed by atoms with Crippen molar-refractivity contribution in [1.82, 2.24) is 9.80 Å². The van der Waals surface area contributed by atoms with Crippen LogP contribution >= 0.6 is 11.8 Å². The molecule has 2 aliphatic heterocycles. The Bertz CT molecular complexity index is 1350. The maximum absolute atomic E-state index is 12.9. The summed E-state index contributed by atoms with van der Waals surface area (Å²) in [5, 5.41) is 21.9. The highest BCUT2D eigenvalue weighted by Gasteiger charge is 2.37. The molecule has 0 radical (unpaired) electrons. The highest BCUT2D eigenvalue weighted by molar-refractivity contribution is 8.18. The molecule has 0 spiro atoms. The molecule has 0 aromatic heterocycles. The number of piperidine rings is 1. The van der Waals surface area contributed by atoms with Crippen LogP contribution in [-0.4, -0.2) is 63.4 Å². The molecule has 4 rings (SSSR count). The van der Waals surface area contributed by atoms with Gasteiger partial charge in [-0.15, -0.1) is 0 Å². The van der Waals surface area contributed by atoms with E-state index >= 15 is 0 Å². The number of likely N-dealkylation sites (tertiary alicyclic amines) is 1. The maximum atomic E-state index is 12.9. The number of nitro groups is 2. The third-order valence-corrected chi connectivity index (χ3v) is 6.84. The van der Waals surface area contributed by atoms with Crippen LogP contribution in [0.4, 0.5) is 16.2 Å². The van der Waals surface area contributed by atoms with Gasteiger partial charge in [0.25, 0.3) is 16.8 Å². The number of non-ortho nitro benzene ring substituents is 1. The molecule has 0 aliphatic carbocycles. The van der Waals surface area contributed by atoms with Crippen LogP contribution in [0, 0.1) is 20.2 Å². The van der Waals surface area contributed by atoms with Crippen LogP contribution in [0.5, 0.6) is 17.2 Å².